The number of hydrogen-bond donors (Lipinski definition) is 2. The largest absolute Gasteiger partial charge is 0.472 e. The van der Waals surface area contributed by atoms with Crippen LogP contribution in [0.15, 0.2) is 23.3 Å². The molecule has 0 saturated carbocycles. The summed E-state index contributed by atoms with van der Waals surface area (Å²) in [7, 11) is 0. The molecule has 3 rings (SSSR count). The summed E-state index contributed by atoms with van der Waals surface area (Å²) < 4.78 is 16.2. The first-order valence-corrected chi connectivity index (χ1v) is 9.81. The molecule has 10 heteroatoms. The van der Waals surface area contributed by atoms with Gasteiger partial charge in [0.15, 0.2) is 5.96 Å². The molecular formula is C19H30IN5O4. The lowest BCUT2D eigenvalue weighted by atomic mass is 10.1. The average Bonchev–Trinajstić information content (AvgIpc) is 3.20. The number of carbonyl (C=O) groups excluding carboxylic acids is 1. The summed E-state index contributed by atoms with van der Waals surface area (Å²) >= 11 is 0. The lowest BCUT2D eigenvalue weighted by molar-refractivity contribution is 0.0963. The number of halogens is 1. The molecule has 1 amide bonds. The number of piperidine rings is 1. The van der Waals surface area contributed by atoms with Gasteiger partial charge in [0.1, 0.15) is 6.10 Å². The fourth-order valence-corrected chi connectivity index (χ4v) is 3.24. The van der Waals surface area contributed by atoms with E-state index in [4.69, 9.17) is 19.9 Å². The lowest BCUT2D eigenvalue weighted by Gasteiger charge is -2.31. The number of nitrogens with two attached hydrogens (primary N) is 1. The normalized spacial score (nSPS) is 20.1. The molecule has 0 radical (unpaired) electrons. The Labute approximate surface area is 188 Å². The van der Waals surface area contributed by atoms with Crippen LogP contribution in [-0.4, -0.2) is 67.0 Å². The molecule has 0 bridgehead atoms. The Balaban J connectivity index is 0.00000300. The number of amides is 1. The van der Waals surface area contributed by atoms with Crippen LogP contribution < -0.4 is 15.8 Å². The van der Waals surface area contributed by atoms with E-state index in [0.717, 1.165) is 31.4 Å². The van der Waals surface area contributed by atoms with Crippen molar-refractivity contribution in [2.24, 2.45) is 10.7 Å². The summed E-state index contributed by atoms with van der Waals surface area (Å²) in [6.07, 6.45) is 4.04. The number of nitrogens with one attached hydrogen (secondary N) is 1. The highest BCUT2D eigenvalue weighted by atomic mass is 127. The molecule has 1 unspecified atom stereocenters. The molecule has 2 aliphatic heterocycles. The van der Waals surface area contributed by atoms with Gasteiger partial charge in [-0.3, -0.25) is 0 Å². The van der Waals surface area contributed by atoms with Crippen LogP contribution in [0.3, 0.4) is 0 Å². The van der Waals surface area contributed by atoms with Crippen molar-refractivity contribution in [1.82, 2.24) is 15.2 Å². The Kier molecular flexibility index (Phi) is 9.71. The fourth-order valence-electron chi connectivity index (χ4n) is 3.24. The quantitative estimate of drug-likeness (QED) is 0.336. The summed E-state index contributed by atoms with van der Waals surface area (Å²) in [5.41, 5.74) is 7.01. The van der Waals surface area contributed by atoms with Gasteiger partial charge in [0.25, 0.3) is 0 Å². The van der Waals surface area contributed by atoms with Gasteiger partial charge in [-0.25, -0.2) is 14.8 Å². The summed E-state index contributed by atoms with van der Waals surface area (Å²) in [6.45, 7) is 5.29. The number of likely N-dealkylation sites (tertiary alicyclic amines) is 1. The highest BCUT2D eigenvalue weighted by Crippen LogP contribution is 2.16. The third kappa shape index (κ3) is 7.50. The molecule has 1 atom stereocenters. The predicted molar refractivity (Wildman–Crippen MR) is 120 cm³/mol. The van der Waals surface area contributed by atoms with Gasteiger partial charge in [-0.1, -0.05) is 0 Å². The minimum atomic E-state index is -0.248. The van der Waals surface area contributed by atoms with Gasteiger partial charge in [-0.15, -0.1) is 24.0 Å². The van der Waals surface area contributed by atoms with Crippen LogP contribution in [0.2, 0.25) is 0 Å². The zero-order chi connectivity index (χ0) is 19.8. The zero-order valence-electron chi connectivity index (χ0n) is 16.7. The third-order valence-electron chi connectivity index (χ3n) is 4.78. The second kappa shape index (κ2) is 12.0. The van der Waals surface area contributed by atoms with Crippen molar-refractivity contribution in [2.75, 3.05) is 32.9 Å². The van der Waals surface area contributed by atoms with E-state index in [1.807, 2.05) is 19.1 Å². The van der Waals surface area contributed by atoms with Crippen LogP contribution in [0.1, 0.15) is 31.7 Å². The maximum Gasteiger partial charge on any atom is 0.409 e. The molecule has 0 aromatic carbocycles. The van der Waals surface area contributed by atoms with Crippen LogP contribution in [-0.2, 0) is 16.0 Å². The lowest BCUT2D eigenvalue weighted by Crippen LogP contribution is -2.48. The summed E-state index contributed by atoms with van der Waals surface area (Å²) in [5.74, 6) is 0.985. The van der Waals surface area contributed by atoms with Gasteiger partial charge in [-0.05, 0) is 31.4 Å². The van der Waals surface area contributed by atoms with Crippen LogP contribution in [0.25, 0.3) is 0 Å². The molecule has 1 aromatic heterocycles. The van der Waals surface area contributed by atoms with Crippen LogP contribution in [0, 0.1) is 0 Å². The highest BCUT2D eigenvalue weighted by molar-refractivity contribution is 14.0. The SMILES string of the molecule is CCOC(=O)N1CCC(NC(N)=NCc2ccnc(OC3CCOC3)c2)CC1.I. The number of pyridine rings is 1. The molecule has 1 aromatic rings. The standard InChI is InChI=1S/C19H29N5O4.HI/c1-2-27-19(25)24-8-4-15(5-9-24)23-18(20)22-12-14-3-7-21-17(11-14)28-16-6-10-26-13-16;/h3,7,11,15-16H,2,4-6,8-10,12-13H2,1H3,(H3,20,22,23);1H. The molecule has 9 nitrogen and oxygen atoms in total. The van der Waals surface area contributed by atoms with E-state index in [0.29, 0.717) is 44.7 Å². The molecule has 0 aliphatic carbocycles. The first-order chi connectivity index (χ1) is 13.6. The molecule has 29 heavy (non-hydrogen) atoms. The topological polar surface area (TPSA) is 111 Å². The molecule has 0 spiro atoms. The van der Waals surface area contributed by atoms with Gasteiger partial charge in [-0.2, -0.15) is 0 Å². The van der Waals surface area contributed by atoms with Crippen molar-refractivity contribution in [3.63, 3.8) is 0 Å². The molecular weight excluding hydrogens is 489 g/mol. The van der Waals surface area contributed by atoms with Gasteiger partial charge in [0.2, 0.25) is 5.88 Å². The van der Waals surface area contributed by atoms with E-state index in [1.54, 1.807) is 11.1 Å². The van der Waals surface area contributed by atoms with Gasteiger partial charge in [0, 0.05) is 37.8 Å². The van der Waals surface area contributed by atoms with Crippen molar-refractivity contribution < 1.29 is 19.0 Å². The van der Waals surface area contributed by atoms with E-state index in [1.165, 1.54) is 0 Å². The van der Waals surface area contributed by atoms with Crippen molar-refractivity contribution >= 4 is 36.0 Å². The van der Waals surface area contributed by atoms with Gasteiger partial charge < -0.3 is 30.2 Å². The van der Waals surface area contributed by atoms with Gasteiger partial charge >= 0.3 is 6.09 Å². The smallest absolute Gasteiger partial charge is 0.409 e. The number of rotatable bonds is 6. The van der Waals surface area contributed by atoms with Crippen molar-refractivity contribution in [2.45, 2.75) is 44.9 Å². The monoisotopic (exact) mass is 519 g/mol. The number of aromatic nitrogens is 1. The summed E-state index contributed by atoms with van der Waals surface area (Å²) in [6, 6.07) is 3.98. The van der Waals surface area contributed by atoms with E-state index < -0.39 is 0 Å². The maximum atomic E-state index is 11.7. The molecule has 3 N–H and O–H groups in total. The van der Waals surface area contributed by atoms with Crippen molar-refractivity contribution in [3.8, 4) is 5.88 Å². The number of guanidine groups is 1. The van der Waals surface area contributed by atoms with Gasteiger partial charge in [0.05, 0.1) is 26.4 Å². The Morgan fingerprint density at radius 3 is 2.90 bits per heavy atom. The second-order valence-corrected chi connectivity index (χ2v) is 6.91. The number of carbonyl (C=O) groups is 1. The molecule has 162 valence electrons. The predicted octanol–water partition coefficient (Wildman–Crippen LogP) is 1.89. The number of hydrogen-bond acceptors (Lipinski definition) is 6. The Morgan fingerprint density at radius 2 is 2.21 bits per heavy atom. The molecule has 3 heterocycles. The minimum absolute atomic E-state index is 0. The number of ether oxygens (including phenoxy) is 3. The molecule has 2 aliphatic rings. The summed E-state index contributed by atoms with van der Waals surface area (Å²) in [4.78, 5) is 22.1. The zero-order valence-corrected chi connectivity index (χ0v) is 19.0. The Bertz CT molecular complexity index is 676. The van der Waals surface area contributed by atoms with Crippen LogP contribution in [0.4, 0.5) is 4.79 Å². The number of aliphatic imine (C=N–C) groups is 1. The first-order valence-electron chi connectivity index (χ1n) is 9.81. The third-order valence-corrected chi connectivity index (χ3v) is 4.78. The highest BCUT2D eigenvalue weighted by Gasteiger charge is 2.23. The van der Waals surface area contributed by atoms with Crippen LogP contribution >= 0.6 is 24.0 Å². The fraction of sp³-hybridized carbons (Fsp3) is 0.632. The Hall–Kier alpha value is -1.82. The maximum absolute atomic E-state index is 11.7. The summed E-state index contributed by atoms with van der Waals surface area (Å²) in [5, 5.41) is 3.24. The Morgan fingerprint density at radius 1 is 1.41 bits per heavy atom. The molecule has 2 fully saturated rings. The average molecular weight is 519 g/mol. The minimum Gasteiger partial charge on any atom is -0.472 e. The van der Waals surface area contributed by atoms with E-state index in [-0.39, 0.29) is 42.2 Å². The van der Waals surface area contributed by atoms with E-state index in [2.05, 4.69) is 15.3 Å². The van der Waals surface area contributed by atoms with Crippen LogP contribution in [0.5, 0.6) is 5.88 Å². The number of nitrogens with zero attached hydrogens (tertiary/aromatic N) is 3. The van der Waals surface area contributed by atoms with Crippen molar-refractivity contribution in [1.29, 1.82) is 0 Å². The second-order valence-electron chi connectivity index (χ2n) is 6.91. The molecule has 2 saturated heterocycles. The first kappa shape index (κ1) is 23.5. The van der Waals surface area contributed by atoms with E-state index in [9.17, 15) is 4.79 Å². The van der Waals surface area contributed by atoms with Crippen molar-refractivity contribution in [3.05, 3.63) is 23.9 Å². The van der Waals surface area contributed by atoms with E-state index >= 15 is 0 Å².